The number of rotatable bonds is 5. The number of aliphatic hydroxyl groups is 1. The van der Waals surface area contributed by atoms with Crippen molar-refractivity contribution in [2.45, 2.75) is 45.3 Å². The molecule has 94 valence electrons. The highest BCUT2D eigenvalue weighted by molar-refractivity contribution is 5.75. The van der Waals surface area contributed by atoms with Gasteiger partial charge in [0.25, 0.3) is 0 Å². The van der Waals surface area contributed by atoms with E-state index in [0.717, 1.165) is 25.8 Å². The van der Waals surface area contributed by atoms with E-state index in [0.29, 0.717) is 12.5 Å². The van der Waals surface area contributed by atoms with Crippen LogP contribution < -0.4 is 0 Å². The van der Waals surface area contributed by atoms with Gasteiger partial charge in [-0.3, -0.25) is 9.69 Å². The number of ether oxygens (including phenoxy) is 1. The van der Waals surface area contributed by atoms with Crippen molar-refractivity contribution >= 4 is 5.97 Å². The van der Waals surface area contributed by atoms with Gasteiger partial charge in [-0.2, -0.15) is 0 Å². The molecule has 4 nitrogen and oxygen atoms in total. The van der Waals surface area contributed by atoms with E-state index in [4.69, 9.17) is 4.74 Å². The van der Waals surface area contributed by atoms with Crippen molar-refractivity contribution in [3.63, 3.8) is 0 Å². The lowest BCUT2D eigenvalue weighted by Gasteiger charge is -2.27. The predicted molar refractivity (Wildman–Crippen MR) is 62.1 cm³/mol. The Morgan fingerprint density at radius 3 is 2.75 bits per heavy atom. The van der Waals surface area contributed by atoms with E-state index < -0.39 is 0 Å². The molecule has 1 aliphatic carbocycles. The van der Waals surface area contributed by atoms with Crippen LogP contribution in [0.25, 0.3) is 0 Å². The maximum absolute atomic E-state index is 11.5. The van der Waals surface area contributed by atoms with Gasteiger partial charge in [-0.1, -0.05) is 6.42 Å². The summed E-state index contributed by atoms with van der Waals surface area (Å²) in [6.07, 6.45) is 2.85. The molecule has 0 aromatic carbocycles. The van der Waals surface area contributed by atoms with Gasteiger partial charge in [-0.05, 0) is 39.7 Å². The third kappa shape index (κ3) is 3.46. The molecule has 0 saturated heterocycles. The van der Waals surface area contributed by atoms with Crippen LogP contribution in [0.3, 0.4) is 0 Å². The van der Waals surface area contributed by atoms with Crippen LogP contribution in [0.2, 0.25) is 0 Å². The van der Waals surface area contributed by atoms with Crippen LogP contribution in [0, 0.1) is 5.92 Å². The smallest absolute Gasteiger partial charge is 0.323 e. The van der Waals surface area contributed by atoms with Crippen LogP contribution in [0.5, 0.6) is 0 Å². The standard InChI is InChI=1S/C12H23NO3/c1-4-16-12(15)9(2)13(3)8-10-6-5-7-11(10)14/h9-11,14H,4-8H2,1-3H3. The number of carbonyl (C=O) groups excluding carboxylic acids is 1. The van der Waals surface area contributed by atoms with Crippen molar-refractivity contribution in [1.82, 2.24) is 4.90 Å². The minimum atomic E-state index is -0.229. The fourth-order valence-electron chi connectivity index (χ4n) is 2.20. The van der Waals surface area contributed by atoms with Gasteiger partial charge in [-0.25, -0.2) is 0 Å². The first-order valence-corrected chi connectivity index (χ1v) is 6.11. The number of likely N-dealkylation sites (N-methyl/N-ethyl adjacent to an activating group) is 1. The van der Waals surface area contributed by atoms with Gasteiger partial charge in [0.05, 0.1) is 12.7 Å². The normalized spacial score (nSPS) is 27.1. The molecule has 1 fully saturated rings. The van der Waals surface area contributed by atoms with E-state index >= 15 is 0 Å². The number of hydrogen-bond donors (Lipinski definition) is 1. The molecule has 1 rings (SSSR count). The molecule has 0 amide bonds. The summed E-state index contributed by atoms with van der Waals surface area (Å²) >= 11 is 0. The monoisotopic (exact) mass is 229 g/mol. The molecule has 16 heavy (non-hydrogen) atoms. The molecule has 3 unspecified atom stereocenters. The lowest BCUT2D eigenvalue weighted by Crippen LogP contribution is -2.41. The molecule has 4 heteroatoms. The van der Waals surface area contributed by atoms with Gasteiger partial charge in [0.2, 0.25) is 0 Å². The molecule has 0 aromatic rings. The van der Waals surface area contributed by atoms with Gasteiger partial charge in [0.15, 0.2) is 0 Å². The molecule has 1 saturated carbocycles. The number of esters is 1. The molecule has 1 N–H and O–H groups in total. The van der Waals surface area contributed by atoms with Crippen LogP contribution in [0.15, 0.2) is 0 Å². The van der Waals surface area contributed by atoms with Crippen LogP contribution in [-0.2, 0) is 9.53 Å². The van der Waals surface area contributed by atoms with Crippen molar-refractivity contribution in [3.05, 3.63) is 0 Å². The minimum Gasteiger partial charge on any atom is -0.465 e. The van der Waals surface area contributed by atoms with Gasteiger partial charge in [0, 0.05) is 6.54 Å². The Balaban J connectivity index is 2.38. The molecule has 0 aliphatic heterocycles. The first kappa shape index (κ1) is 13.5. The fraction of sp³-hybridized carbons (Fsp3) is 0.917. The highest BCUT2D eigenvalue weighted by Gasteiger charge is 2.29. The van der Waals surface area contributed by atoms with Crippen molar-refractivity contribution in [1.29, 1.82) is 0 Å². The quantitative estimate of drug-likeness (QED) is 0.715. The predicted octanol–water partition coefficient (Wildman–Crippen LogP) is 1.03. The topological polar surface area (TPSA) is 49.8 Å². The summed E-state index contributed by atoms with van der Waals surface area (Å²) in [5.74, 6) is 0.124. The van der Waals surface area contributed by atoms with Crippen LogP contribution in [0.4, 0.5) is 0 Å². The lowest BCUT2D eigenvalue weighted by molar-refractivity contribution is -0.148. The zero-order valence-corrected chi connectivity index (χ0v) is 10.5. The maximum Gasteiger partial charge on any atom is 0.323 e. The lowest BCUT2D eigenvalue weighted by atomic mass is 10.1. The molecule has 0 heterocycles. The largest absolute Gasteiger partial charge is 0.465 e. The average Bonchev–Trinajstić information content (AvgIpc) is 2.63. The maximum atomic E-state index is 11.5. The summed E-state index contributed by atoms with van der Waals surface area (Å²) in [5, 5.41) is 9.72. The summed E-state index contributed by atoms with van der Waals surface area (Å²) in [7, 11) is 1.91. The van der Waals surface area contributed by atoms with Crippen LogP contribution in [-0.4, -0.2) is 48.3 Å². The number of carbonyl (C=O) groups is 1. The third-order valence-electron chi connectivity index (χ3n) is 3.43. The number of hydrogen-bond acceptors (Lipinski definition) is 4. The molecular weight excluding hydrogens is 206 g/mol. The molecule has 0 radical (unpaired) electrons. The molecule has 0 spiro atoms. The second-order valence-corrected chi connectivity index (χ2v) is 4.63. The number of aliphatic hydroxyl groups excluding tert-OH is 1. The van der Waals surface area contributed by atoms with Crippen molar-refractivity contribution in [2.75, 3.05) is 20.2 Å². The second-order valence-electron chi connectivity index (χ2n) is 4.63. The van der Waals surface area contributed by atoms with E-state index in [2.05, 4.69) is 0 Å². The highest BCUT2D eigenvalue weighted by atomic mass is 16.5. The Labute approximate surface area is 97.6 Å². The average molecular weight is 229 g/mol. The first-order chi connectivity index (χ1) is 7.56. The Morgan fingerprint density at radius 2 is 2.25 bits per heavy atom. The molecule has 1 aliphatic rings. The SMILES string of the molecule is CCOC(=O)C(C)N(C)CC1CCCC1O. The highest BCUT2D eigenvalue weighted by Crippen LogP contribution is 2.26. The van der Waals surface area contributed by atoms with Gasteiger partial charge < -0.3 is 9.84 Å². The number of nitrogens with zero attached hydrogens (tertiary/aromatic N) is 1. The van der Waals surface area contributed by atoms with Crippen molar-refractivity contribution < 1.29 is 14.6 Å². The van der Waals surface area contributed by atoms with Crippen molar-refractivity contribution in [2.24, 2.45) is 5.92 Å². The Hall–Kier alpha value is -0.610. The summed E-state index contributed by atoms with van der Waals surface area (Å²) in [5.41, 5.74) is 0. The summed E-state index contributed by atoms with van der Waals surface area (Å²) < 4.78 is 4.97. The second kappa shape index (κ2) is 6.21. The molecular formula is C12H23NO3. The molecule has 0 bridgehead atoms. The molecule has 3 atom stereocenters. The molecule has 0 aromatic heterocycles. The third-order valence-corrected chi connectivity index (χ3v) is 3.43. The zero-order valence-electron chi connectivity index (χ0n) is 10.5. The Bertz CT molecular complexity index is 232. The summed E-state index contributed by atoms with van der Waals surface area (Å²) in [6, 6.07) is -0.229. The fourth-order valence-corrected chi connectivity index (χ4v) is 2.20. The van der Waals surface area contributed by atoms with E-state index in [9.17, 15) is 9.90 Å². The van der Waals surface area contributed by atoms with Gasteiger partial charge in [0.1, 0.15) is 6.04 Å². The zero-order chi connectivity index (χ0) is 12.1. The minimum absolute atomic E-state index is 0.183. The van der Waals surface area contributed by atoms with Crippen LogP contribution >= 0.6 is 0 Å². The first-order valence-electron chi connectivity index (χ1n) is 6.11. The van der Waals surface area contributed by atoms with E-state index in [-0.39, 0.29) is 18.1 Å². The van der Waals surface area contributed by atoms with E-state index in [1.165, 1.54) is 0 Å². The van der Waals surface area contributed by atoms with Crippen molar-refractivity contribution in [3.8, 4) is 0 Å². The summed E-state index contributed by atoms with van der Waals surface area (Å²) in [4.78, 5) is 13.5. The Morgan fingerprint density at radius 1 is 1.56 bits per heavy atom. The van der Waals surface area contributed by atoms with Gasteiger partial charge >= 0.3 is 5.97 Å². The Kier molecular flexibility index (Phi) is 5.22. The summed E-state index contributed by atoms with van der Waals surface area (Å²) in [6.45, 7) is 4.84. The van der Waals surface area contributed by atoms with Gasteiger partial charge in [-0.15, -0.1) is 0 Å². The van der Waals surface area contributed by atoms with E-state index in [1.54, 1.807) is 0 Å². The van der Waals surface area contributed by atoms with E-state index in [1.807, 2.05) is 25.8 Å². The van der Waals surface area contributed by atoms with Crippen LogP contribution in [0.1, 0.15) is 33.1 Å².